The maximum Gasteiger partial charge on any atom is 0.266 e. The number of hydrogen-bond acceptors (Lipinski definition) is 6. The third kappa shape index (κ3) is 3.74. The Kier molecular flexibility index (Phi) is 5.35. The van der Waals surface area contributed by atoms with Crippen LogP contribution in [0.4, 0.5) is 5.82 Å². The molecule has 37 heavy (non-hydrogen) atoms. The normalized spacial score (nSPS) is 20.0. The summed E-state index contributed by atoms with van der Waals surface area (Å²) in [7, 11) is 1.84. The van der Waals surface area contributed by atoms with Crippen molar-refractivity contribution in [3.8, 4) is 11.3 Å². The van der Waals surface area contributed by atoms with Crippen LogP contribution >= 0.6 is 11.8 Å². The molecule has 3 aliphatic rings. The molecule has 2 atom stereocenters. The molecule has 0 radical (unpaired) electrons. The van der Waals surface area contributed by atoms with Crippen LogP contribution in [-0.4, -0.2) is 50.7 Å². The van der Waals surface area contributed by atoms with Gasteiger partial charge in [-0.1, -0.05) is 60.3 Å². The molecule has 4 heterocycles. The molecule has 8 heteroatoms. The summed E-state index contributed by atoms with van der Waals surface area (Å²) in [4.78, 5) is 28.1. The Bertz CT molecular complexity index is 1500. The lowest BCUT2D eigenvalue weighted by molar-refractivity contribution is 0.0861. The van der Waals surface area contributed by atoms with Crippen molar-refractivity contribution in [2.24, 2.45) is 4.99 Å². The molecule has 1 aliphatic carbocycles. The standard InChI is InChI=1S/C29H26N6OS/c1-33-27(36)25-26(35-24-12-7-11-23(24)31-29(33)35)32-34(28(25)37-21-8-3-2-4-9-21)18-19-13-15-20(16-14-19)22-10-5-6-17-30-22/h2-6,8-10,13-17,23-24H,7,11-12,18H2,1H3/t23-,24+/m1/s1. The van der Waals surface area contributed by atoms with E-state index in [9.17, 15) is 4.79 Å². The topological polar surface area (TPSA) is 66.6 Å². The molecule has 0 bridgehead atoms. The van der Waals surface area contributed by atoms with Crippen LogP contribution in [0.2, 0.25) is 0 Å². The van der Waals surface area contributed by atoms with Crippen molar-refractivity contribution >= 4 is 29.4 Å². The van der Waals surface area contributed by atoms with Gasteiger partial charge in [-0.25, -0.2) is 4.99 Å². The number of carbonyl (C=O) groups excluding carboxylic acids is 1. The Labute approximate surface area is 219 Å². The van der Waals surface area contributed by atoms with Crippen LogP contribution in [0.3, 0.4) is 0 Å². The second-order valence-electron chi connectivity index (χ2n) is 9.72. The van der Waals surface area contributed by atoms with Crippen LogP contribution in [0, 0.1) is 0 Å². The number of fused-ring (bicyclic) bond motifs is 5. The molecule has 0 N–H and O–H groups in total. The first-order valence-corrected chi connectivity index (χ1v) is 13.5. The Morgan fingerprint density at radius 3 is 2.57 bits per heavy atom. The lowest BCUT2D eigenvalue weighted by Crippen LogP contribution is -2.51. The number of rotatable bonds is 5. The van der Waals surface area contributed by atoms with Gasteiger partial charge in [-0.05, 0) is 49.1 Å². The molecule has 0 saturated heterocycles. The molecule has 4 aromatic rings. The number of pyridine rings is 1. The van der Waals surface area contributed by atoms with Crippen LogP contribution in [0.15, 0.2) is 93.9 Å². The summed E-state index contributed by atoms with van der Waals surface area (Å²) < 4.78 is 2.00. The lowest BCUT2D eigenvalue weighted by Gasteiger charge is -2.34. The van der Waals surface area contributed by atoms with Gasteiger partial charge in [0.15, 0.2) is 5.82 Å². The van der Waals surface area contributed by atoms with E-state index in [1.54, 1.807) is 16.7 Å². The van der Waals surface area contributed by atoms with Gasteiger partial charge in [0.1, 0.15) is 10.6 Å². The molecule has 2 aromatic heterocycles. The fraction of sp³-hybridized carbons (Fsp3) is 0.241. The van der Waals surface area contributed by atoms with Gasteiger partial charge < -0.3 is 0 Å². The summed E-state index contributed by atoms with van der Waals surface area (Å²) in [5.74, 6) is 1.45. The summed E-state index contributed by atoms with van der Waals surface area (Å²) in [6, 6.07) is 25.1. The Morgan fingerprint density at radius 2 is 1.78 bits per heavy atom. The first kappa shape index (κ1) is 22.3. The minimum absolute atomic E-state index is 0.0415. The van der Waals surface area contributed by atoms with Crippen molar-refractivity contribution in [1.82, 2.24) is 19.7 Å². The van der Waals surface area contributed by atoms with Gasteiger partial charge in [0.2, 0.25) is 5.96 Å². The maximum absolute atomic E-state index is 13.7. The van der Waals surface area contributed by atoms with Crippen LogP contribution in [-0.2, 0) is 6.54 Å². The third-order valence-electron chi connectivity index (χ3n) is 7.41. The first-order chi connectivity index (χ1) is 18.2. The minimum Gasteiger partial charge on any atom is -0.289 e. The van der Waals surface area contributed by atoms with Gasteiger partial charge >= 0.3 is 0 Å². The number of aliphatic imine (C=N–C) groups is 1. The van der Waals surface area contributed by atoms with Crippen molar-refractivity contribution in [3.63, 3.8) is 0 Å². The quantitative estimate of drug-likeness (QED) is 0.366. The summed E-state index contributed by atoms with van der Waals surface area (Å²) in [5, 5.41) is 5.96. The van der Waals surface area contributed by atoms with E-state index in [1.807, 2.05) is 54.3 Å². The Morgan fingerprint density at radius 1 is 0.973 bits per heavy atom. The van der Waals surface area contributed by atoms with Crippen molar-refractivity contribution in [2.45, 2.75) is 47.8 Å². The monoisotopic (exact) mass is 506 g/mol. The molecule has 2 aromatic carbocycles. The van der Waals surface area contributed by atoms with Crippen LogP contribution in [0.5, 0.6) is 0 Å². The number of anilines is 1. The summed E-state index contributed by atoms with van der Waals surface area (Å²) in [6.07, 6.45) is 5.10. The SMILES string of the molecule is CN1C(=O)c2c(nn(Cc3ccc(-c4ccccn4)cc3)c2Sc2ccccc2)N2C1=N[C@@H]1CCC[C@@H]12. The Balaban J connectivity index is 1.30. The van der Waals surface area contributed by atoms with Crippen LogP contribution in [0.1, 0.15) is 35.2 Å². The molecular weight excluding hydrogens is 480 g/mol. The molecule has 1 fully saturated rings. The zero-order chi connectivity index (χ0) is 24.9. The van der Waals surface area contributed by atoms with E-state index in [0.29, 0.717) is 12.1 Å². The highest BCUT2D eigenvalue weighted by Crippen LogP contribution is 2.44. The second kappa shape index (κ2) is 8.88. The zero-order valence-electron chi connectivity index (χ0n) is 20.5. The predicted molar refractivity (Wildman–Crippen MR) is 145 cm³/mol. The van der Waals surface area contributed by atoms with Gasteiger partial charge in [0.25, 0.3) is 5.91 Å². The molecule has 7 rings (SSSR count). The van der Waals surface area contributed by atoms with E-state index in [-0.39, 0.29) is 18.0 Å². The van der Waals surface area contributed by atoms with E-state index in [0.717, 1.165) is 57.8 Å². The summed E-state index contributed by atoms with van der Waals surface area (Å²) >= 11 is 1.60. The largest absolute Gasteiger partial charge is 0.289 e. The third-order valence-corrected chi connectivity index (χ3v) is 8.53. The van der Waals surface area contributed by atoms with Gasteiger partial charge in [0, 0.05) is 23.7 Å². The van der Waals surface area contributed by atoms with Gasteiger partial charge in [0.05, 0.1) is 24.3 Å². The molecule has 184 valence electrons. The van der Waals surface area contributed by atoms with E-state index in [1.165, 1.54) is 0 Å². The summed E-state index contributed by atoms with van der Waals surface area (Å²) in [6.45, 7) is 0.566. The van der Waals surface area contributed by atoms with Crippen LogP contribution < -0.4 is 4.90 Å². The number of benzene rings is 2. The number of nitrogens with zero attached hydrogens (tertiary/aromatic N) is 6. The number of hydrogen-bond donors (Lipinski definition) is 0. The first-order valence-electron chi connectivity index (χ1n) is 12.7. The molecule has 1 amide bonds. The molecule has 1 saturated carbocycles. The molecule has 2 aliphatic heterocycles. The zero-order valence-corrected chi connectivity index (χ0v) is 21.3. The second-order valence-corrected chi connectivity index (χ2v) is 10.8. The predicted octanol–water partition coefficient (Wildman–Crippen LogP) is 5.33. The Hall–Kier alpha value is -3.91. The van der Waals surface area contributed by atoms with Gasteiger partial charge in [-0.15, -0.1) is 0 Å². The van der Waals surface area contributed by atoms with Crippen molar-refractivity contribution in [2.75, 3.05) is 11.9 Å². The molecule has 0 unspecified atom stereocenters. The summed E-state index contributed by atoms with van der Waals surface area (Å²) in [5.41, 5.74) is 3.81. The van der Waals surface area contributed by atoms with Gasteiger partial charge in [-0.2, -0.15) is 5.10 Å². The smallest absolute Gasteiger partial charge is 0.266 e. The average molecular weight is 507 g/mol. The molecular formula is C29H26N6OS. The highest BCUT2D eigenvalue weighted by molar-refractivity contribution is 7.99. The highest BCUT2D eigenvalue weighted by Gasteiger charge is 2.49. The fourth-order valence-electron chi connectivity index (χ4n) is 5.58. The highest BCUT2D eigenvalue weighted by atomic mass is 32.2. The average Bonchev–Trinajstić information content (AvgIpc) is 3.63. The van der Waals surface area contributed by atoms with E-state index in [4.69, 9.17) is 10.1 Å². The minimum atomic E-state index is -0.0415. The number of carbonyl (C=O) groups is 1. The van der Waals surface area contributed by atoms with Crippen molar-refractivity contribution in [1.29, 1.82) is 0 Å². The van der Waals surface area contributed by atoms with Crippen molar-refractivity contribution in [3.05, 3.63) is 90.1 Å². The molecule has 7 nitrogen and oxygen atoms in total. The number of aromatic nitrogens is 3. The van der Waals surface area contributed by atoms with E-state index in [2.05, 4.69) is 46.3 Å². The number of guanidine groups is 1. The van der Waals surface area contributed by atoms with Gasteiger partial charge in [-0.3, -0.25) is 24.3 Å². The van der Waals surface area contributed by atoms with E-state index < -0.39 is 0 Å². The van der Waals surface area contributed by atoms with Crippen molar-refractivity contribution < 1.29 is 4.79 Å². The maximum atomic E-state index is 13.7. The van der Waals surface area contributed by atoms with Crippen LogP contribution in [0.25, 0.3) is 11.3 Å². The van der Waals surface area contributed by atoms with E-state index >= 15 is 0 Å². The fourth-order valence-corrected chi connectivity index (χ4v) is 6.59. The number of amides is 1. The molecule has 0 spiro atoms. The lowest BCUT2D eigenvalue weighted by atomic mass is 10.1.